The molecule has 3 saturated heterocycles. The third-order valence-corrected chi connectivity index (χ3v) is 14.1. The maximum atomic E-state index is 14.1. The number of carbonyl (C=O) groups is 5. The Kier molecular flexibility index (Phi) is 17.0. The molecule has 18 nitrogen and oxygen atoms in total. The predicted molar refractivity (Wildman–Crippen MR) is 234 cm³/mol. The van der Waals surface area contributed by atoms with Crippen LogP contribution in [0.3, 0.4) is 0 Å². The summed E-state index contributed by atoms with van der Waals surface area (Å²) in [7, 11) is -2.05. The number of piperazine rings is 2. The number of hydrogen-bond donors (Lipinski definition) is 2. The number of hydrogen-bond acceptors (Lipinski definition) is 13. The van der Waals surface area contributed by atoms with Crippen molar-refractivity contribution in [2.75, 3.05) is 97.0 Å². The van der Waals surface area contributed by atoms with Crippen molar-refractivity contribution < 1.29 is 46.6 Å². The molecule has 0 spiro atoms. The van der Waals surface area contributed by atoms with Crippen LogP contribution in [0.5, 0.6) is 0 Å². The molecule has 62 heavy (non-hydrogen) atoms. The summed E-state index contributed by atoms with van der Waals surface area (Å²) in [6.45, 7) is 14.5. The summed E-state index contributed by atoms with van der Waals surface area (Å²) in [5.74, 6) is -0.675. The van der Waals surface area contributed by atoms with E-state index >= 15 is 0 Å². The monoisotopic (exact) mass is 902 g/mol. The van der Waals surface area contributed by atoms with E-state index in [1.165, 1.54) is 40.6 Å². The summed E-state index contributed by atoms with van der Waals surface area (Å²) >= 11 is 1.35. The Morgan fingerprint density at radius 3 is 2.08 bits per heavy atom. The van der Waals surface area contributed by atoms with E-state index in [1.54, 1.807) is 39.0 Å². The van der Waals surface area contributed by atoms with Crippen molar-refractivity contribution in [2.24, 2.45) is 5.41 Å². The minimum Gasteiger partial charge on any atom is -0.449 e. The number of thioether (sulfide) groups is 1. The largest absolute Gasteiger partial charge is 0.449 e. The van der Waals surface area contributed by atoms with Crippen molar-refractivity contribution in [3.8, 4) is 0 Å². The van der Waals surface area contributed by atoms with E-state index in [-0.39, 0.29) is 66.8 Å². The Hall–Kier alpha value is -4.50. The minimum absolute atomic E-state index is 0.0174. The highest BCUT2D eigenvalue weighted by Crippen LogP contribution is 2.42. The van der Waals surface area contributed by atoms with Gasteiger partial charge in [0.05, 0.1) is 25.1 Å². The fourth-order valence-electron chi connectivity index (χ4n) is 7.20. The first-order valence-corrected chi connectivity index (χ1v) is 23.4. The number of amides is 5. The van der Waals surface area contributed by atoms with Crippen LogP contribution in [0.15, 0.2) is 53.7 Å². The van der Waals surface area contributed by atoms with Crippen LogP contribution >= 0.6 is 11.8 Å². The molecule has 0 bridgehead atoms. The van der Waals surface area contributed by atoms with Crippen LogP contribution in [-0.2, 0) is 40.2 Å². The maximum Gasteiger partial charge on any atom is 0.409 e. The molecule has 0 aliphatic carbocycles. The Morgan fingerprint density at radius 2 is 1.47 bits per heavy atom. The second kappa shape index (κ2) is 21.7. The molecule has 342 valence electrons. The number of ether oxygens (including phenoxy) is 3. The first-order chi connectivity index (χ1) is 29.3. The molecule has 2 atom stereocenters. The number of rotatable bonds is 16. The number of pyridine rings is 1. The van der Waals surface area contributed by atoms with Gasteiger partial charge in [-0.2, -0.15) is 4.31 Å². The van der Waals surface area contributed by atoms with Crippen LogP contribution in [-0.4, -0.2) is 176 Å². The second-order valence-corrected chi connectivity index (χ2v) is 20.9. The van der Waals surface area contributed by atoms with Gasteiger partial charge in [0.25, 0.3) is 0 Å². The van der Waals surface area contributed by atoms with Gasteiger partial charge in [0.1, 0.15) is 17.5 Å². The number of sulfonamides is 1. The number of benzene rings is 1. The van der Waals surface area contributed by atoms with Crippen molar-refractivity contribution in [3.63, 3.8) is 0 Å². The quantitative estimate of drug-likeness (QED) is 0.231. The third kappa shape index (κ3) is 13.7. The molecular formula is C42H62N8O10S2. The van der Waals surface area contributed by atoms with Crippen molar-refractivity contribution >= 4 is 57.4 Å². The van der Waals surface area contributed by atoms with Crippen LogP contribution in [0.25, 0.3) is 0 Å². The lowest BCUT2D eigenvalue weighted by molar-refractivity contribution is -0.131. The molecule has 1 aromatic carbocycles. The smallest absolute Gasteiger partial charge is 0.409 e. The number of likely N-dealkylation sites (N-methyl/N-ethyl adjacent to an activating group) is 1. The number of Topliss-reactive ketones (excluding diaryl/α,β-unsaturated/α-hetero) is 1. The van der Waals surface area contributed by atoms with Gasteiger partial charge in [-0.25, -0.2) is 22.8 Å². The minimum atomic E-state index is -4.06. The SMILES string of the molecule is CN1CCN(C(=O)OCCOCCCOC(=O)N2CCN(C(=O)Nc3ccc(C[C@H](NC(=O)[C@H]4N(S(=O)(=O)c5cccnc5)CSC4(C)C)C(=O)CC(C)(C)C)cc3)CC2)CC1. The zero-order valence-corrected chi connectivity index (χ0v) is 38.3. The van der Waals surface area contributed by atoms with E-state index in [1.807, 2.05) is 41.7 Å². The molecule has 2 N–H and O–H groups in total. The fraction of sp³-hybridized carbons (Fsp3) is 0.619. The van der Waals surface area contributed by atoms with Crippen LogP contribution in [0.1, 0.15) is 53.0 Å². The Labute approximate surface area is 369 Å². The third-order valence-electron chi connectivity index (χ3n) is 10.8. The summed E-state index contributed by atoms with van der Waals surface area (Å²) in [5.41, 5.74) is 0.898. The molecule has 2 aromatic rings. The molecule has 3 fully saturated rings. The number of ketones is 1. The summed E-state index contributed by atoms with van der Waals surface area (Å²) < 4.78 is 43.9. The molecular weight excluding hydrogens is 841 g/mol. The summed E-state index contributed by atoms with van der Waals surface area (Å²) in [4.78, 5) is 76.6. The van der Waals surface area contributed by atoms with Crippen LogP contribution in [0.4, 0.5) is 20.1 Å². The number of nitrogens with zero attached hydrogens (tertiary/aromatic N) is 6. The predicted octanol–water partition coefficient (Wildman–Crippen LogP) is 3.73. The number of urea groups is 1. The van der Waals surface area contributed by atoms with E-state index in [0.29, 0.717) is 58.0 Å². The standard InChI is InChI=1S/C42H62N8O10S2/c1-41(2,3)28-35(51)34(45-37(52)36-42(4,5)61-30-50(36)62(56,57)33-9-7-14-43-29-33)27-31-10-12-32(13-11-31)44-38(53)47-19-21-49(22-20-47)39(54)59-24-8-23-58-25-26-60-40(55)48-17-15-46(6)16-18-48/h7,9-14,29,34,36H,8,15-28,30H2,1-6H3,(H,44,53)(H,45,52)/t34-,36+/m0/s1. The van der Waals surface area contributed by atoms with Crippen molar-refractivity contribution in [2.45, 2.75) is 75.6 Å². The molecule has 5 rings (SSSR count). The fourth-order valence-corrected chi connectivity index (χ4v) is 10.3. The highest BCUT2D eigenvalue weighted by molar-refractivity contribution is 8.02. The van der Waals surface area contributed by atoms with Crippen LogP contribution < -0.4 is 10.6 Å². The molecule has 1 aromatic heterocycles. The highest BCUT2D eigenvalue weighted by atomic mass is 32.2. The van der Waals surface area contributed by atoms with Gasteiger partial charge in [-0.1, -0.05) is 32.9 Å². The average Bonchev–Trinajstić information content (AvgIpc) is 3.57. The van der Waals surface area contributed by atoms with E-state index in [4.69, 9.17) is 14.2 Å². The molecule has 20 heteroatoms. The first-order valence-electron chi connectivity index (χ1n) is 21.0. The molecule has 0 saturated carbocycles. The first kappa shape index (κ1) is 48.5. The van der Waals surface area contributed by atoms with Crippen LogP contribution in [0, 0.1) is 5.41 Å². The van der Waals surface area contributed by atoms with E-state index in [0.717, 1.165) is 18.7 Å². The van der Waals surface area contributed by atoms with Crippen molar-refractivity contribution in [3.05, 3.63) is 54.4 Å². The van der Waals surface area contributed by atoms with Gasteiger partial charge in [-0.3, -0.25) is 14.6 Å². The van der Waals surface area contributed by atoms with E-state index in [9.17, 15) is 32.4 Å². The molecule has 3 aliphatic heterocycles. The molecule has 0 unspecified atom stereocenters. The number of aromatic nitrogens is 1. The topological polar surface area (TPSA) is 200 Å². The Balaban J connectivity index is 1.05. The molecule has 5 amide bonds. The maximum absolute atomic E-state index is 14.1. The summed E-state index contributed by atoms with van der Waals surface area (Å²) in [6.07, 6.45) is 2.76. The van der Waals surface area contributed by atoms with Crippen molar-refractivity contribution in [1.82, 2.24) is 34.2 Å². The van der Waals surface area contributed by atoms with Gasteiger partial charge in [-0.15, -0.1) is 11.8 Å². The summed E-state index contributed by atoms with van der Waals surface area (Å²) in [6, 6.07) is 7.62. The zero-order valence-electron chi connectivity index (χ0n) is 36.7. The van der Waals surface area contributed by atoms with Crippen molar-refractivity contribution in [1.29, 1.82) is 0 Å². The van der Waals surface area contributed by atoms with Gasteiger partial charge in [0.15, 0.2) is 5.78 Å². The lowest BCUT2D eigenvalue weighted by atomic mass is 9.86. The van der Waals surface area contributed by atoms with Gasteiger partial charge in [-0.05, 0) is 62.6 Å². The average molecular weight is 903 g/mol. The Morgan fingerprint density at radius 1 is 0.855 bits per heavy atom. The van der Waals surface area contributed by atoms with Gasteiger partial charge >= 0.3 is 18.2 Å². The lowest BCUT2D eigenvalue weighted by Gasteiger charge is -2.34. The number of nitrogens with one attached hydrogen (secondary N) is 2. The highest BCUT2D eigenvalue weighted by Gasteiger charge is 2.51. The van der Waals surface area contributed by atoms with E-state index < -0.39 is 38.9 Å². The van der Waals surface area contributed by atoms with Crippen LogP contribution in [0.2, 0.25) is 0 Å². The molecule has 3 aliphatic rings. The number of carbonyl (C=O) groups excluding carboxylic acids is 5. The van der Waals surface area contributed by atoms with Gasteiger partial charge in [0.2, 0.25) is 15.9 Å². The van der Waals surface area contributed by atoms with Gasteiger partial charge in [0, 0.05) is 94.6 Å². The zero-order chi connectivity index (χ0) is 45.1. The normalized spacial score (nSPS) is 19.1. The Bertz CT molecular complexity index is 1950. The summed E-state index contributed by atoms with van der Waals surface area (Å²) in [5, 5.41) is 5.81. The molecule has 4 heterocycles. The second-order valence-electron chi connectivity index (χ2n) is 17.4. The molecule has 0 radical (unpaired) electrons. The van der Waals surface area contributed by atoms with Gasteiger partial charge < -0.3 is 44.4 Å². The lowest BCUT2D eigenvalue weighted by Crippen LogP contribution is -2.56. The number of anilines is 1. The van der Waals surface area contributed by atoms with E-state index in [2.05, 4.69) is 20.5 Å².